The van der Waals surface area contributed by atoms with Crippen molar-refractivity contribution in [2.24, 2.45) is 0 Å². The summed E-state index contributed by atoms with van der Waals surface area (Å²) in [6.45, 7) is 4.41. The number of hydrogen-bond acceptors (Lipinski definition) is 3. The largest absolute Gasteiger partial charge is 0.493 e. The zero-order chi connectivity index (χ0) is 20.8. The summed E-state index contributed by atoms with van der Waals surface area (Å²) in [6.07, 6.45) is 2.75. The van der Waals surface area contributed by atoms with E-state index >= 15 is 0 Å². The van der Waals surface area contributed by atoms with Crippen LogP contribution < -0.4 is 10.1 Å². The molecule has 29 heavy (non-hydrogen) atoms. The van der Waals surface area contributed by atoms with Crippen LogP contribution in [-0.2, 0) is 16.0 Å². The van der Waals surface area contributed by atoms with E-state index in [1.165, 1.54) is 5.56 Å². The van der Waals surface area contributed by atoms with Crippen molar-refractivity contribution in [3.05, 3.63) is 65.4 Å². The quantitative estimate of drug-likeness (QED) is 0.482. The van der Waals surface area contributed by atoms with E-state index < -0.39 is 12.0 Å². The van der Waals surface area contributed by atoms with E-state index in [0.29, 0.717) is 13.0 Å². The van der Waals surface area contributed by atoms with Crippen LogP contribution in [0.15, 0.2) is 48.7 Å². The second kappa shape index (κ2) is 9.28. The van der Waals surface area contributed by atoms with Gasteiger partial charge in [0.2, 0.25) is 5.91 Å². The topological polar surface area (TPSA) is 91.4 Å². The second-order valence-corrected chi connectivity index (χ2v) is 7.24. The van der Waals surface area contributed by atoms with Crippen LogP contribution in [0.4, 0.5) is 0 Å². The number of carbonyl (C=O) groups excluding carboxylic acids is 1. The van der Waals surface area contributed by atoms with Gasteiger partial charge in [-0.15, -0.1) is 0 Å². The van der Waals surface area contributed by atoms with Gasteiger partial charge in [-0.25, -0.2) is 4.79 Å². The lowest BCUT2D eigenvalue weighted by Crippen LogP contribution is -2.42. The summed E-state index contributed by atoms with van der Waals surface area (Å²) in [6, 6.07) is 12.7. The predicted molar refractivity (Wildman–Crippen MR) is 112 cm³/mol. The number of fused-ring (bicyclic) bond motifs is 1. The van der Waals surface area contributed by atoms with Gasteiger partial charge in [0.25, 0.3) is 0 Å². The first kappa shape index (κ1) is 20.5. The van der Waals surface area contributed by atoms with Crippen molar-refractivity contribution in [3.8, 4) is 5.75 Å². The van der Waals surface area contributed by atoms with E-state index in [2.05, 4.69) is 10.3 Å². The number of H-pyrrole nitrogens is 1. The van der Waals surface area contributed by atoms with Gasteiger partial charge in [-0.05, 0) is 43.5 Å². The minimum atomic E-state index is -1.05. The minimum Gasteiger partial charge on any atom is -0.493 e. The fourth-order valence-corrected chi connectivity index (χ4v) is 3.36. The molecule has 6 nitrogen and oxygen atoms in total. The van der Waals surface area contributed by atoms with Crippen LogP contribution in [0.25, 0.3) is 10.9 Å². The van der Waals surface area contributed by atoms with Gasteiger partial charge >= 0.3 is 5.97 Å². The maximum Gasteiger partial charge on any atom is 0.326 e. The number of aromatic amines is 1. The number of aromatic nitrogens is 1. The number of ether oxygens (including phenoxy) is 1. The van der Waals surface area contributed by atoms with Gasteiger partial charge in [0.1, 0.15) is 11.8 Å². The van der Waals surface area contributed by atoms with Crippen molar-refractivity contribution in [2.75, 3.05) is 6.61 Å². The highest BCUT2D eigenvalue weighted by Crippen LogP contribution is 2.20. The van der Waals surface area contributed by atoms with E-state index in [0.717, 1.165) is 27.8 Å². The molecule has 3 aromatic rings. The highest BCUT2D eigenvalue weighted by Gasteiger charge is 2.21. The first-order valence-electron chi connectivity index (χ1n) is 9.71. The van der Waals surface area contributed by atoms with Gasteiger partial charge in [0.15, 0.2) is 0 Å². The Hall–Kier alpha value is -3.28. The number of amides is 1. The van der Waals surface area contributed by atoms with Gasteiger partial charge in [0, 0.05) is 29.9 Å². The van der Waals surface area contributed by atoms with Crippen molar-refractivity contribution in [1.29, 1.82) is 0 Å². The molecule has 0 saturated carbocycles. The number of carboxylic acids is 1. The number of para-hydroxylation sites is 1. The number of carboxylic acid groups (broad SMARTS) is 1. The molecule has 0 aliphatic rings. The lowest BCUT2D eigenvalue weighted by Gasteiger charge is -2.14. The van der Waals surface area contributed by atoms with Crippen LogP contribution in [0.5, 0.6) is 5.75 Å². The molecule has 1 atom stereocenters. The van der Waals surface area contributed by atoms with Crippen LogP contribution in [-0.4, -0.2) is 34.6 Å². The van der Waals surface area contributed by atoms with E-state index in [1.54, 1.807) is 6.20 Å². The molecule has 0 radical (unpaired) electrons. The first-order valence-corrected chi connectivity index (χ1v) is 9.71. The third kappa shape index (κ3) is 5.38. The van der Waals surface area contributed by atoms with Gasteiger partial charge < -0.3 is 20.1 Å². The summed E-state index contributed by atoms with van der Waals surface area (Å²) >= 11 is 0. The molecule has 1 aromatic heterocycles. The average molecular weight is 394 g/mol. The Labute approximate surface area is 169 Å². The summed E-state index contributed by atoms with van der Waals surface area (Å²) in [5.41, 5.74) is 4.04. The molecule has 0 bridgehead atoms. The molecule has 0 aliphatic carbocycles. The van der Waals surface area contributed by atoms with Crippen LogP contribution in [0.3, 0.4) is 0 Å². The summed E-state index contributed by atoms with van der Waals surface area (Å²) in [5.74, 6) is -0.532. The number of benzene rings is 2. The molecule has 6 heteroatoms. The zero-order valence-electron chi connectivity index (χ0n) is 16.7. The molecule has 3 N–H and O–H groups in total. The number of aryl methyl sites for hydroxylation is 2. The Kier molecular flexibility index (Phi) is 6.54. The Morgan fingerprint density at radius 3 is 2.72 bits per heavy atom. The first-order chi connectivity index (χ1) is 13.9. The molecule has 0 spiro atoms. The summed E-state index contributed by atoms with van der Waals surface area (Å²) in [5, 5.41) is 13.1. The standard InChI is InChI=1S/C23H26N2O4/c1-15-9-10-21(16(2)12-15)29-11-5-8-22(26)25-20(23(27)28)13-17-14-24-19-7-4-3-6-18(17)19/h3-4,6-7,9-10,12,14,20,24H,5,8,11,13H2,1-2H3,(H,25,26)(H,27,28). The SMILES string of the molecule is Cc1ccc(OCCCC(=O)NC(Cc2c[nH]c3ccccc23)C(=O)O)c(C)c1. The van der Waals surface area contributed by atoms with Gasteiger partial charge in [-0.1, -0.05) is 35.9 Å². The van der Waals surface area contributed by atoms with Crippen LogP contribution in [0.2, 0.25) is 0 Å². The van der Waals surface area contributed by atoms with Crippen molar-refractivity contribution < 1.29 is 19.4 Å². The highest BCUT2D eigenvalue weighted by molar-refractivity contribution is 5.86. The smallest absolute Gasteiger partial charge is 0.326 e. The van der Waals surface area contributed by atoms with E-state index in [4.69, 9.17) is 4.74 Å². The minimum absolute atomic E-state index is 0.211. The predicted octanol–water partition coefficient (Wildman–Crippen LogP) is 3.76. The molecular weight excluding hydrogens is 368 g/mol. The van der Waals surface area contributed by atoms with Gasteiger partial charge in [-0.2, -0.15) is 0 Å². The Morgan fingerprint density at radius 1 is 1.17 bits per heavy atom. The number of carbonyl (C=O) groups is 2. The lowest BCUT2D eigenvalue weighted by molar-refractivity contribution is -0.141. The van der Waals surface area contributed by atoms with Crippen molar-refractivity contribution in [2.45, 2.75) is 39.2 Å². The Morgan fingerprint density at radius 2 is 1.97 bits per heavy atom. The monoisotopic (exact) mass is 394 g/mol. The van der Waals surface area contributed by atoms with Gasteiger partial charge in [-0.3, -0.25) is 4.79 Å². The lowest BCUT2D eigenvalue weighted by atomic mass is 10.0. The fourth-order valence-electron chi connectivity index (χ4n) is 3.36. The molecule has 152 valence electrons. The molecule has 0 fully saturated rings. The summed E-state index contributed by atoms with van der Waals surface area (Å²) < 4.78 is 5.73. The molecule has 1 heterocycles. The average Bonchev–Trinajstić information content (AvgIpc) is 3.09. The van der Waals surface area contributed by atoms with E-state index in [-0.39, 0.29) is 18.7 Å². The van der Waals surface area contributed by atoms with Crippen LogP contribution >= 0.6 is 0 Å². The molecule has 1 unspecified atom stereocenters. The third-order valence-electron chi connectivity index (χ3n) is 4.87. The Bertz CT molecular complexity index is 1010. The van der Waals surface area contributed by atoms with E-state index in [9.17, 15) is 14.7 Å². The summed E-state index contributed by atoms with van der Waals surface area (Å²) in [7, 11) is 0. The second-order valence-electron chi connectivity index (χ2n) is 7.24. The highest BCUT2D eigenvalue weighted by atomic mass is 16.5. The van der Waals surface area contributed by atoms with Crippen molar-refractivity contribution in [1.82, 2.24) is 10.3 Å². The Balaban J connectivity index is 1.50. The van der Waals surface area contributed by atoms with Gasteiger partial charge in [0.05, 0.1) is 6.61 Å². The number of nitrogens with one attached hydrogen (secondary N) is 2. The van der Waals surface area contributed by atoms with Crippen molar-refractivity contribution >= 4 is 22.8 Å². The molecule has 2 aromatic carbocycles. The number of aliphatic carboxylic acids is 1. The molecule has 0 aliphatic heterocycles. The molecule has 0 saturated heterocycles. The maximum absolute atomic E-state index is 12.2. The molecule has 1 amide bonds. The van der Waals surface area contributed by atoms with Crippen molar-refractivity contribution in [3.63, 3.8) is 0 Å². The maximum atomic E-state index is 12.2. The van der Waals surface area contributed by atoms with E-state index in [1.807, 2.05) is 56.3 Å². The fraction of sp³-hybridized carbons (Fsp3) is 0.304. The third-order valence-corrected chi connectivity index (χ3v) is 4.87. The summed E-state index contributed by atoms with van der Waals surface area (Å²) in [4.78, 5) is 27.0. The van der Waals surface area contributed by atoms with Crippen LogP contribution in [0.1, 0.15) is 29.5 Å². The number of hydrogen-bond donors (Lipinski definition) is 3. The number of rotatable bonds is 9. The molecular formula is C23H26N2O4. The zero-order valence-corrected chi connectivity index (χ0v) is 16.7. The normalized spacial score (nSPS) is 11.9. The van der Waals surface area contributed by atoms with Crippen LogP contribution in [0, 0.1) is 13.8 Å². The molecule has 3 rings (SSSR count).